The molecular weight excluding hydrogens is 362 g/mol. The molecule has 25 heavy (non-hydrogen) atoms. The average molecular weight is 382 g/mol. The van der Waals surface area contributed by atoms with E-state index in [0.29, 0.717) is 29.1 Å². The predicted octanol–water partition coefficient (Wildman–Crippen LogP) is 2.94. The molecule has 0 aliphatic rings. The maximum Gasteiger partial charge on any atom is 0.321 e. The largest absolute Gasteiger partial charge is 0.338 e. The zero-order chi connectivity index (χ0) is 18.4. The number of hydrogen-bond acceptors (Lipinski definition) is 5. The number of thioether (sulfide) groups is 1. The predicted molar refractivity (Wildman–Crippen MR) is 98.7 cm³/mol. The number of carbonyl (C=O) groups excluding carboxylic acids is 2. The molecule has 0 aliphatic carbocycles. The summed E-state index contributed by atoms with van der Waals surface area (Å²) in [6.45, 7) is 6.58. The molecule has 0 bridgehead atoms. The van der Waals surface area contributed by atoms with Gasteiger partial charge in [0, 0.05) is 23.7 Å². The molecule has 7 nitrogen and oxygen atoms in total. The van der Waals surface area contributed by atoms with Crippen molar-refractivity contribution >= 4 is 35.3 Å². The van der Waals surface area contributed by atoms with Crippen LogP contribution in [0.2, 0.25) is 5.02 Å². The van der Waals surface area contributed by atoms with Gasteiger partial charge in [-0.05, 0) is 45.0 Å². The fourth-order valence-corrected chi connectivity index (χ4v) is 3.14. The maximum absolute atomic E-state index is 12.1. The van der Waals surface area contributed by atoms with Crippen LogP contribution in [0.1, 0.15) is 20.8 Å². The second kappa shape index (κ2) is 8.87. The number of nitrogens with zero attached hydrogens (tertiary/aromatic N) is 3. The van der Waals surface area contributed by atoms with Crippen molar-refractivity contribution in [3.05, 3.63) is 29.3 Å². The van der Waals surface area contributed by atoms with Crippen LogP contribution in [0.25, 0.3) is 11.4 Å². The highest BCUT2D eigenvalue weighted by molar-refractivity contribution is 8.00. The first kappa shape index (κ1) is 19.3. The number of hydrogen-bond donors (Lipinski definition) is 2. The molecule has 1 heterocycles. The Hall–Kier alpha value is -2.06. The Bertz CT molecular complexity index is 747. The van der Waals surface area contributed by atoms with Crippen molar-refractivity contribution in [2.75, 3.05) is 6.54 Å². The molecule has 9 heteroatoms. The molecule has 2 aromatic rings. The van der Waals surface area contributed by atoms with Gasteiger partial charge >= 0.3 is 6.03 Å². The number of imide groups is 1. The third-order valence-corrected chi connectivity index (χ3v) is 4.69. The number of halogens is 1. The van der Waals surface area contributed by atoms with E-state index < -0.39 is 11.3 Å². The van der Waals surface area contributed by atoms with Crippen molar-refractivity contribution in [2.45, 2.75) is 37.7 Å². The molecular formula is C16H20ClN5O2S. The highest BCUT2D eigenvalue weighted by Crippen LogP contribution is 2.27. The molecule has 3 amide bonds. The lowest BCUT2D eigenvalue weighted by atomic mass is 10.2. The third-order valence-electron chi connectivity index (χ3n) is 3.36. The standard InChI is InChI=1S/C16H20ClN5O2S/c1-4-18-15(24)19-14(23)10(3)25-16-21-20-13(22(16)5-2)11-6-8-12(17)9-7-11/h6-10H,4-5H2,1-3H3,(H2,18,19,23,24). The molecule has 1 unspecified atom stereocenters. The van der Waals surface area contributed by atoms with E-state index in [1.54, 1.807) is 26.0 Å². The number of nitrogens with one attached hydrogen (secondary N) is 2. The maximum atomic E-state index is 12.1. The number of carbonyl (C=O) groups is 2. The molecule has 1 atom stereocenters. The molecule has 2 rings (SSSR count). The van der Waals surface area contributed by atoms with Gasteiger partial charge in [-0.3, -0.25) is 10.1 Å². The number of benzene rings is 1. The lowest BCUT2D eigenvalue weighted by molar-refractivity contribution is -0.119. The molecule has 0 saturated carbocycles. The van der Waals surface area contributed by atoms with Crippen molar-refractivity contribution < 1.29 is 9.59 Å². The number of rotatable bonds is 6. The van der Waals surface area contributed by atoms with Crippen LogP contribution in [0.5, 0.6) is 0 Å². The molecule has 2 N–H and O–H groups in total. The first-order valence-corrected chi connectivity index (χ1v) is 9.16. The fourth-order valence-electron chi connectivity index (χ4n) is 2.10. The molecule has 0 aliphatic heterocycles. The second-order valence-corrected chi connectivity index (χ2v) is 6.91. The topological polar surface area (TPSA) is 88.9 Å². The first-order chi connectivity index (χ1) is 12.0. The second-order valence-electron chi connectivity index (χ2n) is 5.17. The Balaban J connectivity index is 2.13. The molecule has 134 valence electrons. The monoisotopic (exact) mass is 381 g/mol. The van der Waals surface area contributed by atoms with Crippen LogP contribution >= 0.6 is 23.4 Å². The van der Waals surface area contributed by atoms with Crippen LogP contribution in [0.15, 0.2) is 29.4 Å². The van der Waals surface area contributed by atoms with Crippen molar-refractivity contribution in [3.63, 3.8) is 0 Å². The molecule has 0 radical (unpaired) electrons. The Morgan fingerprint density at radius 2 is 1.92 bits per heavy atom. The Morgan fingerprint density at radius 1 is 1.24 bits per heavy atom. The minimum atomic E-state index is -0.501. The summed E-state index contributed by atoms with van der Waals surface area (Å²) >= 11 is 7.17. The lowest BCUT2D eigenvalue weighted by Crippen LogP contribution is -2.42. The fraction of sp³-hybridized carbons (Fsp3) is 0.375. The van der Waals surface area contributed by atoms with Crippen LogP contribution in [0.3, 0.4) is 0 Å². The van der Waals surface area contributed by atoms with E-state index in [-0.39, 0.29) is 5.91 Å². The summed E-state index contributed by atoms with van der Waals surface area (Å²) < 4.78 is 1.92. The van der Waals surface area contributed by atoms with Gasteiger partial charge in [0.1, 0.15) is 0 Å². The smallest absolute Gasteiger partial charge is 0.321 e. The van der Waals surface area contributed by atoms with E-state index in [1.165, 1.54) is 11.8 Å². The Morgan fingerprint density at radius 3 is 2.52 bits per heavy atom. The van der Waals surface area contributed by atoms with E-state index in [1.807, 2.05) is 23.6 Å². The number of aromatic nitrogens is 3. The summed E-state index contributed by atoms with van der Waals surface area (Å²) in [4.78, 5) is 23.5. The van der Waals surface area contributed by atoms with Crippen molar-refractivity contribution in [3.8, 4) is 11.4 Å². The van der Waals surface area contributed by atoms with Gasteiger partial charge in [-0.2, -0.15) is 0 Å². The minimum Gasteiger partial charge on any atom is -0.338 e. The Kier molecular flexibility index (Phi) is 6.83. The van der Waals surface area contributed by atoms with Crippen molar-refractivity contribution in [1.29, 1.82) is 0 Å². The van der Waals surface area contributed by atoms with Gasteiger partial charge in [0.25, 0.3) is 0 Å². The molecule has 1 aromatic carbocycles. The molecule has 0 saturated heterocycles. The number of amides is 3. The highest BCUT2D eigenvalue weighted by Gasteiger charge is 2.21. The summed E-state index contributed by atoms with van der Waals surface area (Å²) in [5.41, 5.74) is 0.894. The molecule has 1 aromatic heterocycles. The van der Waals surface area contributed by atoms with Crippen LogP contribution in [0, 0.1) is 0 Å². The Labute approximate surface area is 155 Å². The van der Waals surface area contributed by atoms with Gasteiger partial charge in [0.15, 0.2) is 11.0 Å². The van der Waals surface area contributed by atoms with Crippen molar-refractivity contribution in [1.82, 2.24) is 25.4 Å². The SMILES string of the molecule is CCNC(=O)NC(=O)C(C)Sc1nnc(-c2ccc(Cl)cc2)n1CC. The first-order valence-electron chi connectivity index (χ1n) is 7.90. The van der Waals surface area contributed by atoms with Gasteiger partial charge in [0.2, 0.25) is 5.91 Å². The minimum absolute atomic E-state index is 0.380. The number of urea groups is 1. The zero-order valence-electron chi connectivity index (χ0n) is 14.2. The van der Waals surface area contributed by atoms with Crippen LogP contribution in [-0.4, -0.2) is 38.5 Å². The van der Waals surface area contributed by atoms with Crippen molar-refractivity contribution in [2.24, 2.45) is 0 Å². The van der Waals surface area contributed by atoms with Gasteiger partial charge in [-0.15, -0.1) is 10.2 Å². The van der Waals surface area contributed by atoms with Gasteiger partial charge in [0.05, 0.1) is 5.25 Å². The molecule has 0 fully saturated rings. The van der Waals surface area contributed by atoms with E-state index in [2.05, 4.69) is 20.8 Å². The quantitative estimate of drug-likeness (QED) is 0.751. The lowest BCUT2D eigenvalue weighted by Gasteiger charge is -2.12. The normalized spacial score (nSPS) is 11.8. The van der Waals surface area contributed by atoms with E-state index in [4.69, 9.17) is 11.6 Å². The average Bonchev–Trinajstić information content (AvgIpc) is 2.98. The summed E-state index contributed by atoms with van der Waals surface area (Å²) in [7, 11) is 0. The van der Waals surface area contributed by atoms with E-state index in [0.717, 1.165) is 5.56 Å². The highest BCUT2D eigenvalue weighted by atomic mass is 35.5. The van der Waals surface area contributed by atoms with Gasteiger partial charge < -0.3 is 9.88 Å². The summed E-state index contributed by atoms with van der Waals surface area (Å²) in [5.74, 6) is 0.327. The van der Waals surface area contributed by atoms with E-state index in [9.17, 15) is 9.59 Å². The molecule has 0 spiro atoms. The zero-order valence-corrected chi connectivity index (χ0v) is 15.8. The third kappa shape index (κ3) is 4.96. The van der Waals surface area contributed by atoms with Gasteiger partial charge in [-0.25, -0.2) is 4.79 Å². The van der Waals surface area contributed by atoms with Crippen LogP contribution < -0.4 is 10.6 Å². The summed E-state index contributed by atoms with van der Waals surface area (Å²) in [5, 5.41) is 14.0. The van der Waals surface area contributed by atoms with E-state index >= 15 is 0 Å². The van der Waals surface area contributed by atoms with Crippen LogP contribution in [0.4, 0.5) is 4.79 Å². The summed E-state index contributed by atoms with van der Waals surface area (Å²) in [6.07, 6.45) is 0. The van der Waals surface area contributed by atoms with Crippen LogP contribution in [-0.2, 0) is 11.3 Å². The van der Waals surface area contributed by atoms with Gasteiger partial charge in [-0.1, -0.05) is 23.4 Å². The summed E-state index contributed by atoms with van der Waals surface area (Å²) in [6, 6.07) is 6.83.